The van der Waals surface area contributed by atoms with Crippen LogP contribution >= 0.6 is 11.8 Å². The normalized spacial score (nSPS) is 15.8. The molecule has 1 saturated heterocycles. The maximum atomic E-state index is 12.9. The lowest BCUT2D eigenvalue weighted by molar-refractivity contribution is 0.0730. The molecule has 2 heterocycles. The molecule has 0 bridgehead atoms. The molecule has 28 heavy (non-hydrogen) atoms. The molecule has 8 heteroatoms. The van der Waals surface area contributed by atoms with Gasteiger partial charge in [-0.2, -0.15) is 4.31 Å². The number of ether oxygens (including phenoxy) is 1. The molecule has 0 saturated carbocycles. The Bertz CT molecular complexity index is 1120. The fraction of sp³-hybridized carbons (Fsp3) is 0.250. The van der Waals surface area contributed by atoms with Gasteiger partial charge in [-0.15, -0.1) is 11.8 Å². The van der Waals surface area contributed by atoms with Crippen LogP contribution in [0.4, 0.5) is 0 Å². The molecule has 2 aromatic carbocycles. The van der Waals surface area contributed by atoms with Gasteiger partial charge in [0.2, 0.25) is 10.0 Å². The second-order valence-electron chi connectivity index (χ2n) is 6.48. The van der Waals surface area contributed by atoms with Gasteiger partial charge in [-0.3, -0.25) is 4.79 Å². The maximum absolute atomic E-state index is 12.9. The third kappa shape index (κ3) is 3.37. The van der Waals surface area contributed by atoms with E-state index >= 15 is 0 Å². The molecule has 1 N–H and O–H groups in total. The van der Waals surface area contributed by atoms with E-state index in [1.54, 1.807) is 30.0 Å². The highest BCUT2D eigenvalue weighted by Gasteiger charge is 2.27. The van der Waals surface area contributed by atoms with Gasteiger partial charge in [0.25, 0.3) is 0 Å². The Morgan fingerprint density at radius 3 is 2.46 bits per heavy atom. The van der Waals surface area contributed by atoms with Gasteiger partial charge in [0.05, 0.1) is 23.8 Å². The van der Waals surface area contributed by atoms with Crippen LogP contribution in [0.1, 0.15) is 10.4 Å². The number of carbonyl (C=O) groups excluding carboxylic acids is 1. The zero-order chi connectivity index (χ0) is 19.7. The number of benzene rings is 2. The highest BCUT2D eigenvalue weighted by molar-refractivity contribution is 7.98. The van der Waals surface area contributed by atoms with Crippen LogP contribution in [-0.2, 0) is 14.8 Å². The third-order valence-electron chi connectivity index (χ3n) is 4.91. The van der Waals surface area contributed by atoms with Gasteiger partial charge >= 0.3 is 0 Å². The average Bonchev–Trinajstić information content (AvgIpc) is 3.12. The van der Waals surface area contributed by atoms with Crippen molar-refractivity contribution in [3.63, 3.8) is 0 Å². The van der Waals surface area contributed by atoms with E-state index in [4.69, 9.17) is 4.74 Å². The molecular weight excluding hydrogens is 396 g/mol. The molecule has 1 aromatic heterocycles. The zero-order valence-corrected chi connectivity index (χ0v) is 17.0. The first-order valence-electron chi connectivity index (χ1n) is 8.88. The minimum absolute atomic E-state index is 0.188. The Morgan fingerprint density at radius 1 is 1.11 bits per heavy atom. The lowest BCUT2D eigenvalue weighted by Gasteiger charge is -2.26. The van der Waals surface area contributed by atoms with Crippen LogP contribution in [0.25, 0.3) is 22.2 Å². The van der Waals surface area contributed by atoms with Gasteiger partial charge in [0.1, 0.15) is 0 Å². The van der Waals surface area contributed by atoms with Crippen molar-refractivity contribution in [2.24, 2.45) is 0 Å². The van der Waals surface area contributed by atoms with Crippen LogP contribution in [0, 0.1) is 0 Å². The monoisotopic (exact) mass is 416 g/mol. The maximum Gasteiger partial charge on any atom is 0.243 e. The smallest absolute Gasteiger partial charge is 0.243 e. The topological polar surface area (TPSA) is 79.5 Å². The number of nitrogens with zero attached hydrogens (tertiary/aromatic N) is 1. The number of morpholine rings is 1. The highest BCUT2D eigenvalue weighted by Crippen LogP contribution is 2.32. The van der Waals surface area contributed by atoms with E-state index in [-0.39, 0.29) is 4.90 Å². The van der Waals surface area contributed by atoms with Crippen molar-refractivity contribution in [2.45, 2.75) is 9.79 Å². The number of hydrogen-bond acceptors (Lipinski definition) is 5. The molecule has 4 rings (SSSR count). The lowest BCUT2D eigenvalue weighted by atomic mass is 10.1. The fourth-order valence-corrected chi connectivity index (χ4v) is 5.24. The summed E-state index contributed by atoms with van der Waals surface area (Å²) in [6.07, 6.45) is 2.78. The SMILES string of the molecule is CSc1ccc(-c2[nH]c3ccc(S(=O)(=O)N4CCOCC4)cc3c2C=O)cc1. The van der Waals surface area contributed by atoms with Crippen molar-refractivity contribution < 1.29 is 17.9 Å². The molecule has 1 fully saturated rings. The van der Waals surface area contributed by atoms with Gasteiger partial charge in [-0.25, -0.2) is 8.42 Å². The minimum atomic E-state index is -3.62. The molecule has 3 aromatic rings. The second-order valence-corrected chi connectivity index (χ2v) is 9.30. The number of aromatic amines is 1. The summed E-state index contributed by atoms with van der Waals surface area (Å²) in [6.45, 7) is 1.45. The number of rotatable bonds is 5. The van der Waals surface area contributed by atoms with E-state index in [1.165, 1.54) is 4.31 Å². The largest absolute Gasteiger partial charge is 0.379 e. The van der Waals surface area contributed by atoms with E-state index in [0.717, 1.165) is 22.3 Å². The summed E-state index contributed by atoms with van der Waals surface area (Å²) < 4.78 is 32.6. The molecule has 0 spiro atoms. The van der Waals surface area contributed by atoms with Crippen molar-refractivity contribution in [3.8, 4) is 11.3 Å². The summed E-state index contributed by atoms with van der Waals surface area (Å²) in [5.41, 5.74) is 2.77. The van der Waals surface area contributed by atoms with Crippen LogP contribution in [-0.4, -0.2) is 56.6 Å². The first-order chi connectivity index (χ1) is 13.5. The molecule has 6 nitrogen and oxygen atoms in total. The summed E-state index contributed by atoms with van der Waals surface area (Å²) in [5, 5.41) is 0.605. The average molecular weight is 417 g/mol. The van der Waals surface area contributed by atoms with Crippen molar-refractivity contribution in [1.82, 2.24) is 9.29 Å². The predicted octanol–water partition coefficient (Wildman–Crippen LogP) is 3.39. The van der Waals surface area contributed by atoms with E-state index in [1.807, 2.05) is 30.5 Å². The summed E-state index contributed by atoms with van der Waals surface area (Å²) in [7, 11) is -3.62. The van der Waals surface area contributed by atoms with E-state index in [2.05, 4.69) is 4.98 Å². The Hall–Kier alpha value is -2.13. The zero-order valence-electron chi connectivity index (χ0n) is 15.3. The molecule has 0 radical (unpaired) electrons. The number of nitrogens with one attached hydrogen (secondary N) is 1. The molecule has 0 atom stereocenters. The summed E-state index contributed by atoms with van der Waals surface area (Å²) in [5.74, 6) is 0. The quantitative estimate of drug-likeness (QED) is 0.509. The summed E-state index contributed by atoms with van der Waals surface area (Å²) in [4.78, 5) is 16.4. The minimum Gasteiger partial charge on any atom is -0.379 e. The summed E-state index contributed by atoms with van der Waals surface area (Å²) in [6, 6.07) is 12.8. The van der Waals surface area contributed by atoms with Gasteiger partial charge in [-0.05, 0) is 42.2 Å². The van der Waals surface area contributed by atoms with Crippen LogP contribution in [0.3, 0.4) is 0 Å². The van der Waals surface area contributed by atoms with E-state index in [9.17, 15) is 13.2 Å². The van der Waals surface area contributed by atoms with Gasteiger partial charge in [0.15, 0.2) is 6.29 Å². The molecule has 0 aliphatic carbocycles. The molecular formula is C20H20N2O4S2. The fourth-order valence-electron chi connectivity index (χ4n) is 3.40. The van der Waals surface area contributed by atoms with Gasteiger partial charge in [0, 0.05) is 34.5 Å². The summed E-state index contributed by atoms with van der Waals surface area (Å²) >= 11 is 1.65. The molecule has 0 amide bonds. The number of aldehydes is 1. The van der Waals surface area contributed by atoms with Crippen LogP contribution in [0.2, 0.25) is 0 Å². The number of fused-ring (bicyclic) bond motifs is 1. The standard InChI is InChI=1S/C20H20N2O4S2/c1-27-15-4-2-14(3-5-15)20-18(13-23)17-12-16(6-7-19(17)21-20)28(24,25)22-8-10-26-11-9-22/h2-7,12-13,21H,8-11H2,1H3. The Labute approximate surface area is 167 Å². The van der Waals surface area contributed by atoms with Crippen molar-refractivity contribution >= 4 is 39.0 Å². The number of sulfonamides is 1. The Balaban J connectivity index is 1.80. The predicted molar refractivity (Wildman–Crippen MR) is 110 cm³/mol. The molecule has 0 unspecified atom stereocenters. The third-order valence-corrected chi connectivity index (χ3v) is 7.55. The van der Waals surface area contributed by atoms with Gasteiger partial charge in [-0.1, -0.05) is 12.1 Å². The highest BCUT2D eigenvalue weighted by atomic mass is 32.2. The van der Waals surface area contributed by atoms with Crippen LogP contribution < -0.4 is 0 Å². The van der Waals surface area contributed by atoms with Crippen molar-refractivity contribution in [3.05, 3.63) is 48.0 Å². The second kappa shape index (κ2) is 7.71. The number of hydrogen-bond donors (Lipinski definition) is 1. The number of thioether (sulfide) groups is 1. The molecule has 146 valence electrons. The van der Waals surface area contributed by atoms with Crippen LogP contribution in [0.5, 0.6) is 0 Å². The van der Waals surface area contributed by atoms with Gasteiger partial charge < -0.3 is 9.72 Å². The van der Waals surface area contributed by atoms with Crippen molar-refractivity contribution in [2.75, 3.05) is 32.6 Å². The van der Waals surface area contributed by atoms with E-state index in [0.29, 0.717) is 42.9 Å². The number of H-pyrrole nitrogens is 1. The lowest BCUT2D eigenvalue weighted by Crippen LogP contribution is -2.40. The molecule has 1 aliphatic heterocycles. The number of aromatic nitrogens is 1. The van der Waals surface area contributed by atoms with E-state index < -0.39 is 10.0 Å². The van der Waals surface area contributed by atoms with Crippen LogP contribution in [0.15, 0.2) is 52.3 Å². The Kier molecular flexibility index (Phi) is 5.29. The number of carbonyl (C=O) groups is 1. The molecule has 1 aliphatic rings. The first-order valence-corrected chi connectivity index (χ1v) is 11.5. The van der Waals surface area contributed by atoms with Crippen molar-refractivity contribution in [1.29, 1.82) is 0 Å². The first kappa shape index (κ1) is 19.2. The Morgan fingerprint density at radius 2 is 1.82 bits per heavy atom.